The van der Waals surface area contributed by atoms with Gasteiger partial charge in [-0.25, -0.2) is 0 Å². The maximum absolute atomic E-state index is 9.45. The van der Waals surface area contributed by atoms with Gasteiger partial charge in [0.2, 0.25) is 5.82 Å². The van der Waals surface area contributed by atoms with Crippen LogP contribution in [-0.4, -0.2) is 20.4 Å². The monoisotopic (exact) mass is 273 g/mol. The number of hydrogen-bond donors (Lipinski definition) is 3. The van der Waals surface area contributed by atoms with Crippen molar-refractivity contribution >= 4 is 0 Å². The first-order chi connectivity index (χ1) is 9.67. The number of hydrogen-bond acceptors (Lipinski definition) is 7. The van der Waals surface area contributed by atoms with E-state index in [-0.39, 0.29) is 29.8 Å². The Kier molecular flexibility index (Phi) is 2.88. The third kappa shape index (κ3) is 2.10. The van der Waals surface area contributed by atoms with Crippen LogP contribution in [0.1, 0.15) is 5.76 Å². The van der Waals surface area contributed by atoms with Crippen molar-refractivity contribution in [2.24, 2.45) is 5.73 Å². The van der Waals surface area contributed by atoms with Gasteiger partial charge >= 0.3 is 0 Å². The smallest absolute Gasteiger partial charge is 0.293 e. The standard InChI is InChI=1S/C13H11N3O4/c14-6-8-2-4-11(19-8)13-15-12(16-20-13)7-1-3-9(17)10(18)5-7/h1-5,17-18H,6,14H2. The molecule has 0 fully saturated rings. The van der Waals surface area contributed by atoms with Gasteiger partial charge in [0.25, 0.3) is 5.89 Å². The van der Waals surface area contributed by atoms with Crippen LogP contribution in [-0.2, 0) is 6.54 Å². The van der Waals surface area contributed by atoms with Gasteiger partial charge in [0.15, 0.2) is 17.3 Å². The van der Waals surface area contributed by atoms with E-state index in [1.54, 1.807) is 18.2 Å². The highest BCUT2D eigenvalue weighted by Crippen LogP contribution is 2.30. The van der Waals surface area contributed by atoms with E-state index in [9.17, 15) is 10.2 Å². The van der Waals surface area contributed by atoms with E-state index in [2.05, 4.69) is 10.1 Å². The van der Waals surface area contributed by atoms with Crippen LogP contribution in [0.2, 0.25) is 0 Å². The fourth-order valence-electron chi connectivity index (χ4n) is 1.71. The predicted molar refractivity (Wildman–Crippen MR) is 68.7 cm³/mol. The lowest BCUT2D eigenvalue weighted by Gasteiger charge is -1.98. The highest BCUT2D eigenvalue weighted by molar-refractivity contribution is 5.61. The molecule has 0 spiro atoms. The van der Waals surface area contributed by atoms with Crippen molar-refractivity contribution in [3.05, 3.63) is 36.1 Å². The Hall–Kier alpha value is -2.80. The van der Waals surface area contributed by atoms with E-state index in [1.807, 2.05) is 0 Å². The number of rotatable bonds is 3. The summed E-state index contributed by atoms with van der Waals surface area (Å²) >= 11 is 0. The molecule has 102 valence electrons. The molecule has 20 heavy (non-hydrogen) atoms. The number of aromatic nitrogens is 2. The molecule has 0 aliphatic heterocycles. The molecule has 0 unspecified atom stereocenters. The van der Waals surface area contributed by atoms with Crippen molar-refractivity contribution in [3.8, 4) is 34.5 Å². The molecule has 0 atom stereocenters. The summed E-state index contributed by atoms with van der Waals surface area (Å²) in [5, 5.41) is 22.5. The first-order valence-electron chi connectivity index (χ1n) is 5.82. The van der Waals surface area contributed by atoms with Gasteiger partial charge in [-0.05, 0) is 30.3 Å². The normalized spacial score (nSPS) is 10.8. The molecule has 0 aliphatic carbocycles. The van der Waals surface area contributed by atoms with Crippen molar-refractivity contribution < 1.29 is 19.2 Å². The topological polar surface area (TPSA) is 119 Å². The second-order valence-corrected chi connectivity index (χ2v) is 4.10. The summed E-state index contributed by atoms with van der Waals surface area (Å²) in [4.78, 5) is 4.16. The minimum Gasteiger partial charge on any atom is -0.504 e. The molecule has 2 aromatic heterocycles. The predicted octanol–water partition coefficient (Wildman–Crippen LogP) is 1.87. The quantitative estimate of drug-likeness (QED) is 0.623. The Bertz CT molecular complexity index is 748. The fraction of sp³-hybridized carbons (Fsp3) is 0.0769. The number of benzene rings is 1. The molecule has 4 N–H and O–H groups in total. The summed E-state index contributed by atoms with van der Waals surface area (Å²) in [7, 11) is 0. The summed E-state index contributed by atoms with van der Waals surface area (Å²) in [5.41, 5.74) is 5.97. The van der Waals surface area contributed by atoms with Gasteiger partial charge in [-0.1, -0.05) is 5.16 Å². The minimum absolute atomic E-state index is 0.212. The lowest BCUT2D eigenvalue weighted by Crippen LogP contribution is -1.92. The molecule has 0 radical (unpaired) electrons. The number of nitrogens with zero attached hydrogens (tertiary/aromatic N) is 2. The molecule has 0 bridgehead atoms. The molecule has 1 aromatic carbocycles. The third-order valence-corrected chi connectivity index (χ3v) is 2.73. The summed E-state index contributed by atoms with van der Waals surface area (Å²) in [6.07, 6.45) is 0. The molecular weight excluding hydrogens is 262 g/mol. The molecule has 0 amide bonds. The van der Waals surface area contributed by atoms with E-state index >= 15 is 0 Å². The summed E-state index contributed by atoms with van der Waals surface area (Å²) in [6, 6.07) is 7.67. The average Bonchev–Trinajstić information content (AvgIpc) is 3.09. The summed E-state index contributed by atoms with van der Waals surface area (Å²) < 4.78 is 10.5. The van der Waals surface area contributed by atoms with Crippen molar-refractivity contribution in [3.63, 3.8) is 0 Å². The maximum Gasteiger partial charge on any atom is 0.293 e. The first-order valence-corrected chi connectivity index (χ1v) is 5.82. The zero-order valence-electron chi connectivity index (χ0n) is 10.3. The zero-order valence-corrected chi connectivity index (χ0v) is 10.3. The van der Waals surface area contributed by atoms with Gasteiger partial charge in [-0.2, -0.15) is 4.98 Å². The number of phenols is 2. The van der Waals surface area contributed by atoms with Gasteiger partial charge in [0.1, 0.15) is 5.76 Å². The Labute approximate surface area is 113 Å². The van der Waals surface area contributed by atoms with E-state index in [1.165, 1.54) is 12.1 Å². The molecule has 7 nitrogen and oxygen atoms in total. The van der Waals surface area contributed by atoms with E-state index in [0.29, 0.717) is 17.1 Å². The zero-order chi connectivity index (χ0) is 14.1. The second-order valence-electron chi connectivity index (χ2n) is 4.10. The van der Waals surface area contributed by atoms with E-state index in [0.717, 1.165) is 0 Å². The molecule has 3 rings (SSSR count). The van der Waals surface area contributed by atoms with Crippen LogP contribution in [0.3, 0.4) is 0 Å². The average molecular weight is 273 g/mol. The molecular formula is C13H11N3O4. The molecule has 0 aliphatic rings. The van der Waals surface area contributed by atoms with Gasteiger partial charge in [0.05, 0.1) is 6.54 Å². The highest BCUT2D eigenvalue weighted by atomic mass is 16.5. The molecule has 2 heterocycles. The van der Waals surface area contributed by atoms with Crippen LogP contribution < -0.4 is 5.73 Å². The van der Waals surface area contributed by atoms with Gasteiger partial charge in [0, 0.05) is 5.56 Å². The van der Waals surface area contributed by atoms with Crippen LogP contribution >= 0.6 is 0 Å². The molecule has 7 heteroatoms. The fourth-order valence-corrected chi connectivity index (χ4v) is 1.71. The lowest BCUT2D eigenvalue weighted by atomic mass is 10.2. The van der Waals surface area contributed by atoms with Crippen LogP contribution in [0.5, 0.6) is 11.5 Å². The van der Waals surface area contributed by atoms with Crippen molar-refractivity contribution in [1.82, 2.24) is 10.1 Å². The minimum atomic E-state index is -0.253. The van der Waals surface area contributed by atoms with E-state index < -0.39 is 0 Å². The Balaban J connectivity index is 1.95. The van der Waals surface area contributed by atoms with Crippen molar-refractivity contribution in [2.75, 3.05) is 0 Å². The number of aromatic hydroxyl groups is 2. The summed E-state index contributed by atoms with van der Waals surface area (Å²) in [6.45, 7) is 0.285. The first kappa shape index (κ1) is 12.2. The third-order valence-electron chi connectivity index (χ3n) is 2.73. The van der Waals surface area contributed by atoms with Crippen molar-refractivity contribution in [1.29, 1.82) is 0 Å². The van der Waals surface area contributed by atoms with Gasteiger partial charge < -0.3 is 24.9 Å². The maximum atomic E-state index is 9.45. The van der Waals surface area contributed by atoms with Crippen LogP contribution in [0.25, 0.3) is 23.0 Å². The Morgan fingerprint density at radius 2 is 1.95 bits per heavy atom. The SMILES string of the molecule is NCc1ccc(-c2nc(-c3ccc(O)c(O)c3)no2)o1. The molecule has 0 saturated heterocycles. The number of furan rings is 1. The van der Waals surface area contributed by atoms with Crippen LogP contribution in [0.15, 0.2) is 39.3 Å². The van der Waals surface area contributed by atoms with Gasteiger partial charge in [-0.3, -0.25) is 0 Å². The largest absolute Gasteiger partial charge is 0.504 e. The lowest BCUT2D eigenvalue weighted by molar-refractivity contribution is 0.403. The number of nitrogens with two attached hydrogens (primary N) is 1. The summed E-state index contributed by atoms with van der Waals surface area (Å²) in [5.74, 6) is 1.07. The molecule has 3 aromatic rings. The Morgan fingerprint density at radius 1 is 1.10 bits per heavy atom. The van der Waals surface area contributed by atoms with Crippen molar-refractivity contribution in [2.45, 2.75) is 6.54 Å². The molecule has 0 saturated carbocycles. The Morgan fingerprint density at radius 3 is 2.65 bits per heavy atom. The second kappa shape index (κ2) is 4.71. The number of phenolic OH excluding ortho intramolecular Hbond substituents is 2. The van der Waals surface area contributed by atoms with Crippen LogP contribution in [0, 0.1) is 0 Å². The highest BCUT2D eigenvalue weighted by Gasteiger charge is 2.14. The van der Waals surface area contributed by atoms with Crippen LogP contribution in [0.4, 0.5) is 0 Å². The van der Waals surface area contributed by atoms with Gasteiger partial charge in [-0.15, -0.1) is 0 Å². The van der Waals surface area contributed by atoms with E-state index in [4.69, 9.17) is 14.7 Å².